The predicted molar refractivity (Wildman–Crippen MR) is 108 cm³/mol. The maximum Gasteiger partial charge on any atom is 0.411 e. The normalized spacial score (nSPS) is 19.6. The van der Waals surface area contributed by atoms with Gasteiger partial charge in [0.25, 0.3) is 0 Å². The van der Waals surface area contributed by atoms with E-state index in [0.29, 0.717) is 13.1 Å². The van der Waals surface area contributed by atoms with Crippen LogP contribution < -0.4 is 0 Å². The maximum absolute atomic E-state index is 12.9. The van der Waals surface area contributed by atoms with Gasteiger partial charge in [0.1, 0.15) is 12.1 Å². The summed E-state index contributed by atoms with van der Waals surface area (Å²) in [5.74, 6) is -0.933. The quantitative estimate of drug-likeness (QED) is 0.815. The number of rotatable bonds is 5. The Balaban J connectivity index is 1.65. The van der Waals surface area contributed by atoms with Crippen molar-refractivity contribution >= 4 is 18.0 Å². The number of carbonyl (C=O) groups is 3. The highest BCUT2D eigenvalue weighted by molar-refractivity contribution is 5.87. The molecule has 0 bridgehead atoms. The molecule has 0 spiro atoms. The lowest BCUT2D eigenvalue weighted by Gasteiger charge is -2.35. The van der Waals surface area contributed by atoms with Crippen LogP contribution in [0.4, 0.5) is 4.79 Å². The van der Waals surface area contributed by atoms with Crippen LogP contribution in [0.1, 0.15) is 68.3 Å². The summed E-state index contributed by atoms with van der Waals surface area (Å²) in [6.45, 7) is 6.67. The summed E-state index contributed by atoms with van der Waals surface area (Å²) in [5, 5.41) is 9.22. The Hall–Kier alpha value is -2.57. The fourth-order valence-electron chi connectivity index (χ4n) is 3.70. The number of hydrogen-bond acceptors (Lipinski definition) is 4. The van der Waals surface area contributed by atoms with Gasteiger partial charge in [0.05, 0.1) is 5.56 Å². The first-order valence-corrected chi connectivity index (χ1v) is 10.2. The zero-order valence-corrected chi connectivity index (χ0v) is 17.4. The third-order valence-corrected chi connectivity index (χ3v) is 5.30. The van der Waals surface area contributed by atoms with Gasteiger partial charge in [-0.25, -0.2) is 9.59 Å². The molecule has 1 N–H and O–H groups in total. The van der Waals surface area contributed by atoms with E-state index in [1.54, 1.807) is 28.0 Å². The van der Waals surface area contributed by atoms with E-state index < -0.39 is 17.7 Å². The molecular weight excluding hydrogens is 372 g/mol. The number of hydrogen-bond donors (Lipinski definition) is 1. The molecule has 2 aliphatic rings. The van der Waals surface area contributed by atoms with Crippen molar-refractivity contribution in [2.45, 2.75) is 64.0 Å². The number of aromatic carboxylic acids is 1. The van der Waals surface area contributed by atoms with Crippen molar-refractivity contribution in [2.24, 2.45) is 0 Å². The van der Waals surface area contributed by atoms with E-state index in [1.165, 1.54) is 0 Å². The van der Waals surface area contributed by atoms with E-state index in [9.17, 15) is 19.5 Å². The Morgan fingerprint density at radius 1 is 1.21 bits per heavy atom. The van der Waals surface area contributed by atoms with Gasteiger partial charge >= 0.3 is 12.1 Å². The van der Waals surface area contributed by atoms with Gasteiger partial charge in [0, 0.05) is 25.0 Å². The molecule has 1 aliphatic carbocycles. The molecule has 3 rings (SSSR count). The van der Waals surface area contributed by atoms with Crippen LogP contribution in [-0.2, 0) is 9.53 Å². The van der Waals surface area contributed by atoms with Crippen LogP contribution in [0.5, 0.6) is 0 Å². The van der Waals surface area contributed by atoms with Gasteiger partial charge in [0.15, 0.2) is 0 Å². The summed E-state index contributed by atoms with van der Waals surface area (Å²) in [6.07, 6.45) is 3.12. The van der Waals surface area contributed by atoms with Crippen molar-refractivity contribution in [3.8, 4) is 0 Å². The average molecular weight is 402 g/mol. The van der Waals surface area contributed by atoms with Crippen LogP contribution in [-0.4, -0.2) is 64.2 Å². The summed E-state index contributed by atoms with van der Waals surface area (Å²) < 4.78 is 5.48. The Labute approximate surface area is 171 Å². The van der Waals surface area contributed by atoms with Gasteiger partial charge in [-0.05, 0) is 64.2 Å². The molecular formula is C22H30N2O5. The first-order valence-electron chi connectivity index (χ1n) is 10.2. The minimum absolute atomic E-state index is 0.0292. The molecule has 7 heteroatoms. The third kappa shape index (κ3) is 5.71. The summed E-state index contributed by atoms with van der Waals surface area (Å²) in [5.41, 5.74) is 0.600. The zero-order chi connectivity index (χ0) is 21.2. The molecule has 1 aromatic carbocycles. The van der Waals surface area contributed by atoms with Crippen LogP contribution in [0, 0.1) is 0 Å². The van der Waals surface area contributed by atoms with Crippen LogP contribution in [0.2, 0.25) is 0 Å². The Morgan fingerprint density at radius 2 is 1.93 bits per heavy atom. The number of carboxylic acid groups (broad SMARTS) is 1. The molecule has 29 heavy (non-hydrogen) atoms. The number of benzene rings is 1. The van der Waals surface area contributed by atoms with Crippen LogP contribution in [0.25, 0.3) is 0 Å². The van der Waals surface area contributed by atoms with Gasteiger partial charge in [0.2, 0.25) is 5.91 Å². The molecule has 2 amide bonds. The topological polar surface area (TPSA) is 87.2 Å². The Kier molecular flexibility index (Phi) is 6.15. The summed E-state index contributed by atoms with van der Waals surface area (Å²) >= 11 is 0. The molecule has 1 atom stereocenters. The second-order valence-electron chi connectivity index (χ2n) is 8.95. The highest BCUT2D eigenvalue weighted by Gasteiger charge is 2.37. The lowest BCUT2D eigenvalue weighted by molar-refractivity contribution is -0.133. The molecule has 2 fully saturated rings. The maximum atomic E-state index is 12.9. The summed E-state index contributed by atoms with van der Waals surface area (Å²) in [6, 6.07) is 7.02. The molecule has 1 aromatic rings. The minimum Gasteiger partial charge on any atom is -0.478 e. The number of carboxylic acids is 1. The standard InChI is InChI=1S/C22H30N2O5/c1-22(2,3)29-21(28)24(18-9-10-18)14-19(25)23-11-5-8-17(13-23)15-6-4-7-16(12-15)20(26)27/h4,6-7,12,17-18H,5,8-11,13-14H2,1-3H3,(H,26,27)/t17-/m1/s1. The highest BCUT2D eigenvalue weighted by atomic mass is 16.6. The van der Waals surface area contributed by atoms with Crippen molar-refractivity contribution < 1.29 is 24.2 Å². The monoisotopic (exact) mass is 402 g/mol. The van der Waals surface area contributed by atoms with Gasteiger partial charge in [-0.15, -0.1) is 0 Å². The number of piperidine rings is 1. The Bertz CT molecular complexity index is 782. The predicted octanol–water partition coefficient (Wildman–Crippen LogP) is 3.49. The summed E-state index contributed by atoms with van der Waals surface area (Å²) in [7, 11) is 0. The van der Waals surface area contributed by atoms with E-state index in [0.717, 1.165) is 31.2 Å². The van der Waals surface area contributed by atoms with Gasteiger partial charge in [-0.2, -0.15) is 0 Å². The number of carbonyl (C=O) groups excluding carboxylic acids is 2. The second kappa shape index (κ2) is 8.43. The number of likely N-dealkylation sites (tertiary alicyclic amines) is 1. The molecule has 1 saturated carbocycles. The fraction of sp³-hybridized carbons (Fsp3) is 0.591. The molecule has 0 aromatic heterocycles. The van der Waals surface area contributed by atoms with Crippen molar-refractivity contribution in [2.75, 3.05) is 19.6 Å². The van der Waals surface area contributed by atoms with Crippen molar-refractivity contribution in [3.63, 3.8) is 0 Å². The first kappa shape index (κ1) is 21.1. The largest absolute Gasteiger partial charge is 0.478 e. The van der Waals surface area contributed by atoms with E-state index in [-0.39, 0.29) is 30.0 Å². The molecule has 1 heterocycles. The summed E-state index contributed by atoms with van der Waals surface area (Å²) in [4.78, 5) is 40.1. The zero-order valence-electron chi connectivity index (χ0n) is 17.4. The third-order valence-electron chi connectivity index (χ3n) is 5.30. The smallest absolute Gasteiger partial charge is 0.411 e. The molecule has 158 valence electrons. The molecule has 7 nitrogen and oxygen atoms in total. The number of amides is 2. The fourth-order valence-corrected chi connectivity index (χ4v) is 3.70. The molecule has 0 radical (unpaired) electrons. The first-order chi connectivity index (χ1) is 13.6. The molecule has 1 aliphatic heterocycles. The lowest BCUT2D eigenvalue weighted by Crippen LogP contribution is -2.48. The molecule has 0 unspecified atom stereocenters. The van der Waals surface area contributed by atoms with Crippen LogP contribution >= 0.6 is 0 Å². The van der Waals surface area contributed by atoms with Gasteiger partial charge in [-0.3, -0.25) is 9.69 Å². The van der Waals surface area contributed by atoms with Crippen LogP contribution in [0.3, 0.4) is 0 Å². The van der Waals surface area contributed by atoms with Crippen molar-refractivity contribution in [1.82, 2.24) is 9.80 Å². The van der Waals surface area contributed by atoms with Gasteiger partial charge in [-0.1, -0.05) is 12.1 Å². The minimum atomic E-state index is -0.951. The number of ether oxygens (including phenoxy) is 1. The van der Waals surface area contributed by atoms with E-state index in [2.05, 4.69) is 0 Å². The average Bonchev–Trinajstić information content (AvgIpc) is 3.49. The van der Waals surface area contributed by atoms with E-state index in [1.807, 2.05) is 26.8 Å². The van der Waals surface area contributed by atoms with Crippen LogP contribution in [0.15, 0.2) is 24.3 Å². The van der Waals surface area contributed by atoms with E-state index in [4.69, 9.17) is 4.74 Å². The van der Waals surface area contributed by atoms with Crippen molar-refractivity contribution in [1.29, 1.82) is 0 Å². The lowest BCUT2D eigenvalue weighted by atomic mass is 9.89. The van der Waals surface area contributed by atoms with Gasteiger partial charge < -0.3 is 14.7 Å². The SMILES string of the molecule is CC(C)(C)OC(=O)N(CC(=O)N1CCC[C@@H](c2cccc(C(=O)O)c2)C1)C1CC1. The Morgan fingerprint density at radius 3 is 2.55 bits per heavy atom. The number of nitrogens with zero attached hydrogens (tertiary/aromatic N) is 2. The van der Waals surface area contributed by atoms with Crippen molar-refractivity contribution in [3.05, 3.63) is 35.4 Å². The highest BCUT2D eigenvalue weighted by Crippen LogP contribution is 2.30. The molecule has 1 saturated heterocycles. The second-order valence-corrected chi connectivity index (χ2v) is 8.95. The van der Waals surface area contributed by atoms with E-state index >= 15 is 0 Å².